The summed E-state index contributed by atoms with van der Waals surface area (Å²) in [5, 5.41) is 2.83. The molecular formula is C16H11ClF2N4OS. The highest BCUT2D eigenvalue weighted by atomic mass is 35.5. The second kappa shape index (κ2) is 7.20. The van der Waals surface area contributed by atoms with E-state index in [9.17, 15) is 13.6 Å². The van der Waals surface area contributed by atoms with Crippen LogP contribution in [0.3, 0.4) is 0 Å². The number of anilines is 1. The second-order valence-electron chi connectivity index (χ2n) is 5.16. The van der Waals surface area contributed by atoms with Crippen LogP contribution in [0.5, 0.6) is 0 Å². The van der Waals surface area contributed by atoms with Crippen molar-refractivity contribution in [1.82, 2.24) is 14.3 Å². The first kappa shape index (κ1) is 17.4. The van der Waals surface area contributed by atoms with Gasteiger partial charge >= 0.3 is 0 Å². The zero-order valence-electron chi connectivity index (χ0n) is 12.9. The molecule has 2 heterocycles. The van der Waals surface area contributed by atoms with Gasteiger partial charge in [0.1, 0.15) is 5.15 Å². The SMILES string of the molecule is Cc1nsc(Cc2cnc(Cl)cn2)c1C(=O)Nc1ccc(F)c(F)c1. The molecule has 0 saturated carbocycles. The first-order valence-electron chi connectivity index (χ1n) is 7.12. The summed E-state index contributed by atoms with van der Waals surface area (Å²) in [5.74, 6) is -2.46. The van der Waals surface area contributed by atoms with Crippen LogP contribution < -0.4 is 5.32 Å². The molecule has 0 saturated heterocycles. The smallest absolute Gasteiger partial charge is 0.258 e. The molecule has 0 aliphatic rings. The zero-order chi connectivity index (χ0) is 18.0. The molecule has 0 spiro atoms. The van der Waals surface area contributed by atoms with Gasteiger partial charge in [0.25, 0.3) is 5.91 Å². The summed E-state index contributed by atoms with van der Waals surface area (Å²) in [6.45, 7) is 1.70. The fraction of sp³-hybridized carbons (Fsp3) is 0.125. The van der Waals surface area contributed by atoms with Crippen molar-refractivity contribution in [1.29, 1.82) is 0 Å². The van der Waals surface area contributed by atoms with Gasteiger partial charge in [0, 0.05) is 23.1 Å². The lowest BCUT2D eigenvalue weighted by Gasteiger charge is -2.07. The Hall–Kier alpha value is -2.45. The molecule has 128 valence electrons. The van der Waals surface area contributed by atoms with Crippen LogP contribution in [0.25, 0.3) is 0 Å². The first-order valence-corrected chi connectivity index (χ1v) is 8.27. The number of rotatable bonds is 4. The molecule has 9 heteroatoms. The number of carbonyl (C=O) groups is 1. The fourth-order valence-corrected chi connectivity index (χ4v) is 3.17. The van der Waals surface area contributed by atoms with Crippen LogP contribution in [0, 0.1) is 18.6 Å². The van der Waals surface area contributed by atoms with Crippen molar-refractivity contribution >= 4 is 34.7 Å². The van der Waals surface area contributed by atoms with Gasteiger partial charge in [-0.25, -0.2) is 13.8 Å². The maximum Gasteiger partial charge on any atom is 0.258 e. The quantitative estimate of drug-likeness (QED) is 0.742. The van der Waals surface area contributed by atoms with Gasteiger partial charge in [0.05, 0.1) is 29.3 Å². The van der Waals surface area contributed by atoms with Crippen LogP contribution in [-0.2, 0) is 6.42 Å². The first-order chi connectivity index (χ1) is 11.9. The molecule has 3 aromatic rings. The Labute approximate surface area is 150 Å². The summed E-state index contributed by atoms with van der Waals surface area (Å²) < 4.78 is 30.5. The predicted molar refractivity (Wildman–Crippen MR) is 91.0 cm³/mol. The molecule has 1 amide bonds. The summed E-state index contributed by atoms with van der Waals surface area (Å²) >= 11 is 6.88. The molecule has 0 aliphatic carbocycles. The largest absolute Gasteiger partial charge is 0.322 e. The molecule has 1 N–H and O–H groups in total. The van der Waals surface area contributed by atoms with E-state index in [1.807, 2.05) is 0 Å². The van der Waals surface area contributed by atoms with Gasteiger partial charge in [-0.15, -0.1) is 0 Å². The third kappa shape index (κ3) is 3.97. The van der Waals surface area contributed by atoms with Crippen molar-refractivity contribution in [2.45, 2.75) is 13.3 Å². The van der Waals surface area contributed by atoms with Gasteiger partial charge in [-0.1, -0.05) is 11.6 Å². The van der Waals surface area contributed by atoms with Crippen molar-refractivity contribution in [2.75, 3.05) is 5.32 Å². The summed E-state index contributed by atoms with van der Waals surface area (Å²) in [6.07, 6.45) is 3.30. The molecule has 3 rings (SSSR count). The number of nitrogens with one attached hydrogen (secondary N) is 1. The minimum absolute atomic E-state index is 0.159. The van der Waals surface area contributed by atoms with Crippen LogP contribution in [0.1, 0.15) is 26.6 Å². The third-order valence-corrected chi connectivity index (χ3v) is 4.48. The van der Waals surface area contributed by atoms with Crippen LogP contribution in [-0.4, -0.2) is 20.2 Å². The van der Waals surface area contributed by atoms with Crippen LogP contribution in [0.15, 0.2) is 30.6 Å². The topological polar surface area (TPSA) is 67.8 Å². The van der Waals surface area contributed by atoms with Gasteiger partial charge in [0.2, 0.25) is 0 Å². The molecule has 2 aromatic heterocycles. The number of aromatic nitrogens is 3. The molecule has 0 bridgehead atoms. The standard InChI is InChI=1S/C16H11ClF2N4OS/c1-8-15(16(24)22-9-2-3-11(18)12(19)4-9)13(25-23-8)5-10-6-21-14(17)7-20-10/h2-4,6-7H,5H2,1H3,(H,22,24). The summed E-state index contributed by atoms with van der Waals surface area (Å²) in [4.78, 5) is 21.3. The highest BCUT2D eigenvalue weighted by Gasteiger charge is 2.19. The number of amides is 1. The van der Waals surface area contributed by atoms with Crippen molar-refractivity contribution in [3.8, 4) is 0 Å². The maximum absolute atomic E-state index is 13.3. The van der Waals surface area contributed by atoms with Crippen molar-refractivity contribution in [3.05, 3.63) is 69.2 Å². The zero-order valence-corrected chi connectivity index (χ0v) is 14.5. The Morgan fingerprint density at radius 2 is 2.04 bits per heavy atom. The minimum Gasteiger partial charge on any atom is -0.322 e. The number of halogens is 3. The van der Waals surface area contributed by atoms with Crippen molar-refractivity contribution < 1.29 is 13.6 Å². The molecule has 0 atom stereocenters. The van der Waals surface area contributed by atoms with Crippen molar-refractivity contribution in [3.63, 3.8) is 0 Å². The average Bonchev–Trinajstić information content (AvgIpc) is 2.94. The molecule has 0 aliphatic heterocycles. The normalized spacial score (nSPS) is 10.7. The molecular weight excluding hydrogens is 370 g/mol. The van der Waals surface area contributed by atoms with E-state index in [-0.39, 0.29) is 10.8 Å². The Morgan fingerprint density at radius 1 is 1.24 bits per heavy atom. The van der Waals surface area contributed by atoms with Gasteiger partial charge in [-0.3, -0.25) is 9.78 Å². The fourth-order valence-electron chi connectivity index (χ4n) is 2.19. The second-order valence-corrected chi connectivity index (χ2v) is 6.40. The van der Waals surface area contributed by atoms with Gasteiger partial charge in [-0.05, 0) is 30.6 Å². The Balaban J connectivity index is 1.83. The summed E-state index contributed by atoms with van der Waals surface area (Å²) in [6, 6.07) is 3.16. The number of aryl methyl sites for hydroxylation is 1. The highest BCUT2D eigenvalue weighted by Crippen LogP contribution is 2.23. The molecule has 0 unspecified atom stereocenters. The van der Waals surface area contributed by atoms with Gasteiger partial charge in [0.15, 0.2) is 11.6 Å². The minimum atomic E-state index is -1.03. The number of benzene rings is 1. The van der Waals surface area contributed by atoms with E-state index in [0.717, 1.165) is 12.1 Å². The van der Waals surface area contributed by atoms with E-state index in [2.05, 4.69) is 19.7 Å². The lowest BCUT2D eigenvalue weighted by molar-refractivity contribution is 0.102. The number of hydrogen-bond acceptors (Lipinski definition) is 5. The van der Waals surface area contributed by atoms with E-state index in [1.165, 1.54) is 30.0 Å². The Kier molecular flexibility index (Phi) is 5.00. The number of nitrogens with zero attached hydrogens (tertiary/aromatic N) is 3. The van der Waals surface area contributed by atoms with Crippen LogP contribution >= 0.6 is 23.1 Å². The van der Waals surface area contributed by atoms with Crippen LogP contribution in [0.2, 0.25) is 5.15 Å². The number of carbonyl (C=O) groups excluding carboxylic acids is 1. The van der Waals surface area contributed by atoms with E-state index in [4.69, 9.17) is 11.6 Å². The van der Waals surface area contributed by atoms with E-state index >= 15 is 0 Å². The van der Waals surface area contributed by atoms with Crippen LogP contribution in [0.4, 0.5) is 14.5 Å². The summed E-state index contributed by atoms with van der Waals surface area (Å²) in [5.41, 5.74) is 1.72. The van der Waals surface area contributed by atoms with Gasteiger partial charge in [-0.2, -0.15) is 4.37 Å². The Morgan fingerprint density at radius 3 is 2.72 bits per heavy atom. The molecule has 0 radical (unpaired) electrons. The van der Waals surface area contributed by atoms with E-state index in [0.29, 0.717) is 28.2 Å². The van der Waals surface area contributed by atoms with Crippen molar-refractivity contribution in [2.24, 2.45) is 0 Å². The monoisotopic (exact) mass is 380 g/mol. The maximum atomic E-state index is 13.3. The highest BCUT2D eigenvalue weighted by molar-refractivity contribution is 7.06. The number of hydrogen-bond donors (Lipinski definition) is 1. The van der Waals surface area contributed by atoms with E-state index < -0.39 is 17.5 Å². The summed E-state index contributed by atoms with van der Waals surface area (Å²) in [7, 11) is 0. The molecule has 0 fully saturated rings. The van der Waals surface area contributed by atoms with E-state index in [1.54, 1.807) is 6.92 Å². The Bertz CT molecular complexity index is 930. The molecule has 1 aromatic carbocycles. The lowest BCUT2D eigenvalue weighted by Crippen LogP contribution is -2.14. The lowest BCUT2D eigenvalue weighted by atomic mass is 10.1. The molecule has 25 heavy (non-hydrogen) atoms. The predicted octanol–water partition coefficient (Wildman–Crippen LogP) is 4.02. The molecule has 5 nitrogen and oxygen atoms in total. The third-order valence-electron chi connectivity index (χ3n) is 3.35. The average molecular weight is 381 g/mol. The van der Waals surface area contributed by atoms with Gasteiger partial charge < -0.3 is 5.32 Å².